The zero-order chi connectivity index (χ0) is 24.5. The van der Waals surface area contributed by atoms with Crippen LogP contribution in [0.4, 0.5) is 30.5 Å². The van der Waals surface area contributed by atoms with Crippen LogP contribution in [0, 0.1) is 5.53 Å². The lowest BCUT2D eigenvalue weighted by Gasteiger charge is -2.32. The Balaban J connectivity index is 1.67. The van der Waals surface area contributed by atoms with Crippen LogP contribution < -0.4 is 15.4 Å². The maximum atomic E-state index is 14.5. The van der Waals surface area contributed by atoms with E-state index in [1.54, 1.807) is 35.0 Å². The van der Waals surface area contributed by atoms with Gasteiger partial charge in [-0.2, -0.15) is 10.1 Å². The van der Waals surface area contributed by atoms with E-state index in [0.717, 1.165) is 13.5 Å². The molecule has 0 radical (unpaired) electrons. The minimum Gasteiger partial charge on any atom is -0.479 e. The first-order valence-electron chi connectivity index (χ1n) is 10.8. The van der Waals surface area contributed by atoms with Crippen LogP contribution in [0.3, 0.4) is 0 Å². The molecule has 0 bridgehead atoms. The molecule has 12 heteroatoms. The number of hydrogen-bond donors (Lipinski definition) is 3. The van der Waals surface area contributed by atoms with Gasteiger partial charge in [0.05, 0.1) is 25.4 Å². The highest BCUT2D eigenvalue weighted by molar-refractivity contribution is 5.87. The number of rotatable bonds is 8. The molecule has 1 aromatic carbocycles. The molecule has 4 rings (SSSR count). The van der Waals surface area contributed by atoms with Gasteiger partial charge in [-0.3, -0.25) is 0 Å². The van der Waals surface area contributed by atoms with Gasteiger partial charge in [0, 0.05) is 31.8 Å². The average molecular weight is 477 g/mol. The number of nitrogens with zero attached hydrogens (tertiary/aromatic N) is 5. The van der Waals surface area contributed by atoms with Crippen LogP contribution >= 0.6 is 0 Å². The molecule has 1 aliphatic heterocycles. The molecule has 182 valence electrons. The number of methoxy groups -OCH3 is 1. The van der Waals surface area contributed by atoms with Gasteiger partial charge in [0.1, 0.15) is 17.4 Å². The van der Waals surface area contributed by atoms with Crippen LogP contribution in [0.25, 0.3) is 16.6 Å². The lowest BCUT2D eigenvalue weighted by molar-refractivity contribution is 0.0368. The lowest BCUT2D eigenvalue weighted by atomic mass is 10.0. The predicted molar refractivity (Wildman–Crippen MR) is 123 cm³/mol. The molecule has 1 fully saturated rings. The number of likely N-dealkylation sites (tertiary alicyclic amines) is 1. The topological polar surface area (TPSA) is 103 Å². The Bertz CT molecular complexity index is 1180. The van der Waals surface area contributed by atoms with Crippen molar-refractivity contribution in [3.8, 4) is 17.0 Å². The second-order valence-corrected chi connectivity index (χ2v) is 8.55. The van der Waals surface area contributed by atoms with Crippen molar-refractivity contribution in [3.63, 3.8) is 0 Å². The summed E-state index contributed by atoms with van der Waals surface area (Å²) < 4.78 is 48.3. The van der Waals surface area contributed by atoms with Crippen molar-refractivity contribution in [1.82, 2.24) is 19.5 Å². The Kier molecular flexibility index (Phi) is 6.60. The van der Waals surface area contributed by atoms with E-state index < -0.39 is 24.7 Å². The molecule has 34 heavy (non-hydrogen) atoms. The normalized spacial score (nSPS) is 19.2. The number of ether oxygens (including phenoxy) is 1. The van der Waals surface area contributed by atoms with Gasteiger partial charge in [-0.1, -0.05) is 6.07 Å². The van der Waals surface area contributed by atoms with Gasteiger partial charge in [-0.15, -0.1) is 5.10 Å². The quantitative estimate of drug-likeness (QED) is 0.411. The minimum atomic E-state index is -2.93. The Morgan fingerprint density at radius 3 is 2.79 bits per heavy atom. The summed E-state index contributed by atoms with van der Waals surface area (Å²) in [6.07, 6.45) is 1.29. The molecule has 9 nitrogen and oxygen atoms in total. The number of halogens is 3. The van der Waals surface area contributed by atoms with E-state index in [1.165, 1.54) is 7.11 Å². The largest absolute Gasteiger partial charge is 0.479 e. The number of benzene rings is 1. The SMILES string of the molecule is COc1nc(NC2CCN(C)C[C@@H]2F)nn2ccc(-c3ccc(N=N)c(NCC(C)(F)F)c3)c12. The fourth-order valence-corrected chi connectivity index (χ4v) is 4.01. The predicted octanol–water partition coefficient (Wildman–Crippen LogP) is 4.59. The number of alkyl halides is 3. The molecule has 2 atom stereocenters. The number of aromatic nitrogens is 3. The van der Waals surface area contributed by atoms with Gasteiger partial charge < -0.3 is 20.3 Å². The first kappa shape index (κ1) is 23.7. The van der Waals surface area contributed by atoms with Crippen LogP contribution in [0.15, 0.2) is 35.6 Å². The van der Waals surface area contributed by atoms with Gasteiger partial charge in [-0.25, -0.2) is 23.2 Å². The van der Waals surface area contributed by atoms with E-state index in [0.29, 0.717) is 35.3 Å². The van der Waals surface area contributed by atoms with Crippen molar-refractivity contribution in [2.45, 2.75) is 31.5 Å². The molecular formula is C22H27F3N8O. The van der Waals surface area contributed by atoms with Gasteiger partial charge in [0.25, 0.3) is 5.92 Å². The summed E-state index contributed by atoms with van der Waals surface area (Å²) >= 11 is 0. The monoisotopic (exact) mass is 476 g/mol. The molecule has 1 aliphatic rings. The Hall–Kier alpha value is -3.41. The smallest absolute Gasteiger partial charge is 0.262 e. The highest BCUT2D eigenvalue weighted by atomic mass is 19.3. The van der Waals surface area contributed by atoms with E-state index in [1.807, 2.05) is 11.9 Å². The summed E-state index contributed by atoms with van der Waals surface area (Å²) in [5.41, 5.74) is 9.83. The second kappa shape index (κ2) is 9.45. The van der Waals surface area contributed by atoms with Crippen LogP contribution in [0.5, 0.6) is 5.88 Å². The number of anilines is 2. The molecule has 0 spiro atoms. The second-order valence-electron chi connectivity index (χ2n) is 8.55. The first-order chi connectivity index (χ1) is 16.2. The van der Waals surface area contributed by atoms with Crippen LogP contribution in [-0.4, -0.2) is 71.4 Å². The molecule has 3 N–H and O–H groups in total. The number of piperidine rings is 1. The van der Waals surface area contributed by atoms with Crippen LogP contribution in [-0.2, 0) is 0 Å². The van der Waals surface area contributed by atoms with E-state index >= 15 is 0 Å². The highest BCUT2D eigenvalue weighted by Crippen LogP contribution is 2.36. The van der Waals surface area contributed by atoms with Gasteiger partial charge >= 0.3 is 0 Å². The highest BCUT2D eigenvalue weighted by Gasteiger charge is 2.28. The minimum absolute atomic E-state index is 0.241. The Labute approximate surface area is 194 Å². The molecule has 1 saturated heterocycles. The summed E-state index contributed by atoms with van der Waals surface area (Å²) in [5.74, 6) is -2.39. The third kappa shape index (κ3) is 5.06. The number of nitrogens with one attached hydrogen (secondary N) is 3. The van der Waals surface area contributed by atoms with E-state index in [2.05, 4.69) is 25.8 Å². The van der Waals surface area contributed by atoms with Crippen LogP contribution in [0.2, 0.25) is 0 Å². The fourth-order valence-electron chi connectivity index (χ4n) is 4.01. The summed E-state index contributed by atoms with van der Waals surface area (Å²) in [7, 11) is 3.37. The maximum absolute atomic E-state index is 14.5. The maximum Gasteiger partial charge on any atom is 0.262 e. The van der Waals surface area contributed by atoms with Crippen molar-refractivity contribution in [3.05, 3.63) is 30.5 Å². The lowest BCUT2D eigenvalue weighted by Crippen LogP contribution is -2.46. The average Bonchev–Trinajstić information content (AvgIpc) is 3.22. The molecule has 3 heterocycles. The van der Waals surface area contributed by atoms with Crippen LogP contribution in [0.1, 0.15) is 13.3 Å². The Morgan fingerprint density at radius 2 is 2.12 bits per heavy atom. The molecule has 2 aromatic heterocycles. The van der Waals surface area contributed by atoms with Gasteiger partial charge in [-0.05, 0) is 37.2 Å². The van der Waals surface area contributed by atoms with Crippen molar-refractivity contribution in [2.24, 2.45) is 5.11 Å². The molecule has 0 saturated carbocycles. The standard InChI is InChI=1S/C22H27F3N8O/c1-22(24,25)12-27-18-10-13(4-5-17(18)30-26)14-6-9-33-19(14)20(34-3)29-21(31-33)28-16-7-8-32(2)11-15(16)23/h4-6,9-10,15-16,26-27H,7-8,11-12H2,1-3H3,(H,28,31)/t15-,16?/m0/s1. The summed E-state index contributed by atoms with van der Waals surface area (Å²) in [6.45, 7) is 1.33. The van der Waals surface area contributed by atoms with Crippen molar-refractivity contribution in [2.75, 3.05) is 44.4 Å². The fraction of sp³-hybridized carbons (Fsp3) is 0.455. The Morgan fingerprint density at radius 1 is 1.32 bits per heavy atom. The van der Waals surface area contributed by atoms with Crippen molar-refractivity contribution in [1.29, 1.82) is 5.53 Å². The third-order valence-electron chi connectivity index (χ3n) is 5.75. The van der Waals surface area contributed by atoms with E-state index in [-0.39, 0.29) is 17.5 Å². The molecular weight excluding hydrogens is 449 g/mol. The van der Waals surface area contributed by atoms with Crippen molar-refractivity contribution >= 4 is 22.8 Å². The van der Waals surface area contributed by atoms with E-state index in [4.69, 9.17) is 10.3 Å². The summed E-state index contributed by atoms with van der Waals surface area (Å²) in [6, 6.07) is 6.35. The zero-order valence-electron chi connectivity index (χ0n) is 19.1. The summed E-state index contributed by atoms with van der Waals surface area (Å²) in [4.78, 5) is 6.38. The molecule has 3 aromatic rings. The zero-order valence-corrected chi connectivity index (χ0v) is 19.1. The number of hydrogen-bond acceptors (Lipinski definition) is 8. The molecule has 0 aliphatic carbocycles. The first-order valence-corrected chi connectivity index (χ1v) is 10.8. The van der Waals surface area contributed by atoms with E-state index in [9.17, 15) is 13.2 Å². The van der Waals surface area contributed by atoms with Crippen molar-refractivity contribution < 1.29 is 17.9 Å². The molecule has 1 unspecified atom stereocenters. The summed E-state index contributed by atoms with van der Waals surface area (Å²) in [5, 5.41) is 13.6. The molecule has 0 amide bonds. The van der Waals surface area contributed by atoms with Gasteiger partial charge in [0.15, 0.2) is 0 Å². The third-order valence-corrected chi connectivity index (χ3v) is 5.75. The van der Waals surface area contributed by atoms with Gasteiger partial charge in [0.2, 0.25) is 11.8 Å². The number of fused-ring (bicyclic) bond motifs is 1.